The molecular formula is C92H75BN4. The highest BCUT2D eigenvalue weighted by Crippen LogP contribution is 2.56. The van der Waals surface area contributed by atoms with Gasteiger partial charge in [0.15, 0.2) is 5.69 Å². The maximum Gasteiger partial charge on any atom is 0.252 e. The molecule has 0 spiro atoms. The molecule has 0 aromatic heterocycles. The molecule has 15 rings (SSSR count). The summed E-state index contributed by atoms with van der Waals surface area (Å²) in [5.41, 5.74) is 31.6. The highest BCUT2D eigenvalue weighted by atomic mass is 15.2. The summed E-state index contributed by atoms with van der Waals surface area (Å²) >= 11 is 0. The summed E-state index contributed by atoms with van der Waals surface area (Å²) in [6.07, 6.45) is 0. The van der Waals surface area contributed by atoms with Crippen molar-refractivity contribution in [2.45, 2.75) is 78.6 Å². The normalized spacial score (nSPS) is 12.5. The Hall–Kier alpha value is -11.5. The first-order valence-electron chi connectivity index (χ1n) is 33.7. The molecule has 97 heavy (non-hydrogen) atoms. The lowest BCUT2D eigenvalue weighted by atomic mass is 9.33. The summed E-state index contributed by atoms with van der Waals surface area (Å²) in [5.74, 6) is 0. The minimum Gasteiger partial charge on any atom is -0.310 e. The van der Waals surface area contributed by atoms with Crippen LogP contribution in [0.4, 0.5) is 39.8 Å². The van der Waals surface area contributed by atoms with E-state index in [1.54, 1.807) is 0 Å². The van der Waals surface area contributed by atoms with E-state index in [1.165, 1.54) is 33.1 Å². The number of fused-ring (bicyclic) bond motifs is 4. The first-order valence-corrected chi connectivity index (χ1v) is 33.7. The van der Waals surface area contributed by atoms with Gasteiger partial charge in [-0.3, -0.25) is 0 Å². The molecule has 13 aromatic carbocycles. The van der Waals surface area contributed by atoms with Crippen molar-refractivity contribution < 1.29 is 0 Å². The Bertz CT molecular complexity index is 4950. The molecule has 5 heteroatoms. The fourth-order valence-corrected chi connectivity index (χ4v) is 14.6. The molecule has 0 saturated carbocycles. The lowest BCUT2D eigenvalue weighted by Crippen LogP contribution is -2.61. The van der Waals surface area contributed by atoms with Gasteiger partial charge in [-0.15, -0.1) is 0 Å². The molecule has 0 bridgehead atoms. The number of hydrogen-bond donors (Lipinski definition) is 0. The molecule has 0 N–H and O–H groups in total. The summed E-state index contributed by atoms with van der Waals surface area (Å²) in [4.78, 5) is 9.24. The third-order valence-electron chi connectivity index (χ3n) is 19.7. The summed E-state index contributed by atoms with van der Waals surface area (Å²) < 4.78 is 0. The Labute approximate surface area is 573 Å². The first-order chi connectivity index (χ1) is 46.9. The van der Waals surface area contributed by atoms with Crippen LogP contribution >= 0.6 is 0 Å². The van der Waals surface area contributed by atoms with E-state index in [0.29, 0.717) is 11.3 Å². The van der Waals surface area contributed by atoms with E-state index in [9.17, 15) is 5.26 Å². The molecule has 466 valence electrons. The van der Waals surface area contributed by atoms with Crippen LogP contribution < -0.4 is 26.2 Å². The molecule has 0 unspecified atom stereocenters. The molecule has 0 atom stereocenters. The van der Waals surface area contributed by atoms with Gasteiger partial charge in [0.2, 0.25) is 0 Å². The van der Waals surface area contributed by atoms with Crippen molar-refractivity contribution in [1.82, 2.24) is 0 Å². The molecule has 0 saturated heterocycles. The van der Waals surface area contributed by atoms with Crippen LogP contribution in [0, 0.1) is 17.9 Å². The molecule has 0 aliphatic carbocycles. The van der Waals surface area contributed by atoms with Crippen LogP contribution in [0.5, 0.6) is 0 Å². The summed E-state index contributed by atoms with van der Waals surface area (Å²) in [6, 6.07) is 110. The molecule has 0 amide bonds. The van der Waals surface area contributed by atoms with Gasteiger partial charge in [-0.25, -0.2) is 4.85 Å². The maximum absolute atomic E-state index is 10.4. The Morgan fingerprint density at radius 1 is 0.309 bits per heavy atom. The lowest BCUT2D eigenvalue weighted by Gasteiger charge is -2.46. The second-order valence-electron chi connectivity index (χ2n) is 29.1. The predicted molar refractivity (Wildman–Crippen MR) is 411 cm³/mol. The van der Waals surface area contributed by atoms with Crippen LogP contribution in [0.1, 0.15) is 84.6 Å². The van der Waals surface area contributed by atoms with Crippen molar-refractivity contribution in [1.29, 1.82) is 5.26 Å². The van der Waals surface area contributed by atoms with Gasteiger partial charge in [-0.05, 0) is 183 Å². The van der Waals surface area contributed by atoms with E-state index in [-0.39, 0.29) is 23.0 Å². The van der Waals surface area contributed by atoms with Crippen LogP contribution in [-0.2, 0) is 16.2 Å². The molecule has 13 aromatic rings. The Balaban J connectivity index is 1.13. The van der Waals surface area contributed by atoms with Crippen LogP contribution in [-0.4, -0.2) is 6.71 Å². The maximum atomic E-state index is 10.4. The van der Waals surface area contributed by atoms with Gasteiger partial charge >= 0.3 is 0 Å². The van der Waals surface area contributed by atoms with Gasteiger partial charge in [0.25, 0.3) is 6.71 Å². The number of benzene rings is 13. The second kappa shape index (κ2) is 24.4. The lowest BCUT2D eigenvalue weighted by molar-refractivity contribution is 0.590. The summed E-state index contributed by atoms with van der Waals surface area (Å²) in [6.45, 7) is 28.7. The van der Waals surface area contributed by atoms with Gasteiger partial charge < -0.3 is 9.80 Å². The fourth-order valence-electron chi connectivity index (χ4n) is 14.6. The van der Waals surface area contributed by atoms with Crippen molar-refractivity contribution in [3.8, 4) is 95.1 Å². The van der Waals surface area contributed by atoms with E-state index in [2.05, 4.69) is 338 Å². The number of nitrogens with zero attached hydrogens (tertiary/aromatic N) is 4. The average Bonchev–Trinajstić information content (AvgIpc) is 0.687. The second-order valence-corrected chi connectivity index (χ2v) is 29.1. The van der Waals surface area contributed by atoms with E-state index >= 15 is 0 Å². The monoisotopic (exact) mass is 1250 g/mol. The SMILES string of the molecule is [C-]#[N+]c1cccc(-c2cc(-c3ccccc3)c(N3c4ccc(-c5ccccc5)cc4B4c5cc(-c6ccccc6)ccc5N(c5c(-c6ccccc6)cc(-c6cccc(C#N)c6)cc5-c5ccc(C(C)(C)C)cc5)c5cc(C(C)(C)C)cc3c54)c(-c3ccc(C(C)(C)C)cc3)c2)c1. The number of anilines is 6. The molecule has 4 nitrogen and oxygen atoms in total. The topological polar surface area (TPSA) is 34.6 Å². The molecule has 2 aliphatic heterocycles. The van der Waals surface area contributed by atoms with Crippen molar-refractivity contribution >= 4 is 62.9 Å². The van der Waals surface area contributed by atoms with Gasteiger partial charge in [0.1, 0.15) is 0 Å². The van der Waals surface area contributed by atoms with Crippen LogP contribution in [0.25, 0.3) is 93.9 Å². The third-order valence-corrected chi connectivity index (χ3v) is 19.7. The molecular weight excluding hydrogens is 1170 g/mol. The zero-order valence-electron chi connectivity index (χ0n) is 56.6. The van der Waals surface area contributed by atoms with E-state index < -0.39 is 0 Å². The summed E-state index contributed by atoms with van der Waals surface area (Å²) in [7, 11) is 0. The van der Waals surface area contributed by atoms with Crippen molar-refractivity contribution in [3.63, 3.8) is 0 Å². The van der Waals surface area contributed by atoms with Crippen molar-refractivity contribution in [2.24, 2.45) is 0 Å². The minimum absolute atomic E-state index is 0.0796. The van der Waals surface area contributed by atoms with E-state index in [0.717, 1.165) is 123 Å². The zero-order chi connectivity index (χ0) is 66.9. The van der Waals surface area contributed by atoms with Crippen LogP contribution in [0.2, 0.25) is 0 Å². The van der Waals surface area contributed by atoms with E-state index in [4.69, 9.17) is 6.57 Å². The van der Waals surface area contributed by atoms with Crippen LogP contribution in [0.3, 0.4) is 0 Å². The predicted octanol–water partition coefficient (Wildman–Crippen LogP) is 23.4. The number of nitriles is 1. The Kier molecular flexibility index (Phi) is 15.5. The van der Waals surface area contributed by atoms with Gasteiger partial charge in [-0.1, -0.05) is 287 Å². The number of hydrogen-bond acceptors (Lipinski definition) is 3. The fraction of sp³-hybridized carbons (Fsp3) is 0.130. The highest BCUT2D eigenvalue weighted by Gasteiger charge is 2.46. The first kappa shape index (κ1) is 61.7. The minimum atomic E-state index is -0.345. The smallest absolute Gasteiger partial charge is 0.252 e. The molecule has 0 fully saturated rings. The van der Waals surface area contributed by atoms with Gasteiger partial charge in [0.05, 0.1) is 29.6 Å². The van der Waals surface area contributed by atoms with Crippen LogP contribution in [0.15, 0.2) is 291 Å². The highest BCUT2D eigenvalue weighted by molar-refractivity contribution is 7.00. The molecule has 0 radical (unpaired) electrons. The largest absolute Gasteiger partial charge is 0.310 e. The number of rotatable bonds is 10. The molecule has 2 aliphatic rings. The standard InChI is InChI=1S/C92H75BN4/c1-90(2,3)73-43-37-65(38-44-73)79-52-71(67-34-23-25-60(49-67)59-94)51-77(63-30-19-13-20-31-63)88(79)96-83-47-41-69(61-26-15-11-16-27-61)55-81(83)93-82-56-70(62-28-17-12-18-29-62)42-48-84(82)97(86-58-75(92(7,8)9)57-85(96)87(86)93)89-78(64-32-21-14-22-33-64)53-72(68-35-24-36-76(50-68)95-10)54-80(89)66-39-45-74(46-40-66)91(4,5)6/h11-58H,1-9H3. The summed E-state index contributed by atoms with van der Waals surface area (Å²) in [5, 5.41) is 10.4. The van der Waals surface area contributed by atoms with Gasteiger partial charge in [-0.2, -0.15) is 5.26 Å². The Morgan fingerprint density at radius 3 is 1.03 bits per heavy atom. The zero-order valence-corrected chi connectivity index (χ0v) is 56.6. The quantitative estimate of drug-likeness (QED) is 0.101. The Morgan fingerprint density at radius 2 is 0.649 bits per heavy atom. The third kappa shape index (κ3) is 11.4. The van der Waals surface area contributed by atoms with Crippen molar-refractivity contribution in [2.75, 3.05) is 9.80 Å². The molecule has 2 heterocycles. The average molecular weight is 1250 g/mol. The van der Waals surface area contributed by atoms with Gasteiger partial charge in [0, 0.05) is 45.0 Å². The van der Waals surface area contributed by atoms with E-state index in [1.807, 2.05) is 36.4 Å². The van der Waals surface area contributed by atoms with Crippen molar-refractivity contribution in [3.05, 3.63) is 325 Å².